The fourth-order valence-corrected chi connectivity index (χ4v) is 2.53. The van der Waals surface area contributed by atoms with Crippen molar-refractivity contribution in [3.63, 3.8) is 0 Å². The molecule has 1 heterocycles. The van der Waals surface area contributed by atoms with Gasteiger partial charge in [-0.05, 0) is 18.3 Å². The van der Waals surface area contributed by atoms with Gasteiger partial charge in [-0.2, -0.15) is 0 Å². The average Bonchev–Trinajstić information content (AvgIpc) is 2.49. The Hall–Kier alpha value is -0.710. The molecule has 0 unspecified atom stereocenters. The fraction of sp³-hybridized carbons (Fsp3) is 0.778. The van der Waals surface area contributed by atoms with Gasteiger partial charge in [0, 0.05) is 12.8 Å². The zero-order chi connectivity index (χ0) is 10.2. The molecule has 0 radical (unpaired) electrons. The van der Waals surface area contributed by atoms with Crippen LogP contribution in [0.2, 0.25) is 0 Å². The first-order valence-corrected chi connectivity index (χ1v) is 6.38. The zero-order valence-corrected chi connectivity index (χ0v) is 9.38. The van der Waals surface area contributed by atoms with Crippen LogP contribution in [0.3, 0.4) is 0 Å². The molecule has 1 aliphatic rings. The van der Waals surface area contributed by atoms with Crippen molar-refractivity contribution in [2.24, 2.45) is 5.41 Å². The van der Waals surface area contributed by atoms with E-state index in [9.17, 15) is 4.21 Å². The van der Waals surface area contributed by atoms with E-state index in [1.54, 1.807) is 12.6 Å². The molecule has 2 rings (SSSR count). The van der Waals surface area contributed by atoms with Crippen LogP contribution in [0.4, 0.5) is 0 Å². The van der Waals surface area contributed by atoms with Gasteiger partial charge in [-0.15, -0.1) is 10.2 Å². The van der Waals surface area contributed by atoms with Gasteiger partial charge in [-0.1, -0.05) is 13.3 Å². The standard InChI is InChI=1S/C9H15N3OS/c1-9(4-3-5-9)6-12-7-10-11-8(12)14(2)13/h7H,3-6H2,1-2H3/t14-/m0/s1. The Kier molecular flexibility index (Phi) is 2.43. The predicted molar refractivity (Wildman–Crippen MR) is 54.3 cm³/mol. The van der Waals surface area contributed by atoms with Gasteiger partial charge in [0.2, 0.25) is 5.16 Å². The quantitative estimate of drug-likeness (QED) is 0.758. The summed E-state index contributed by atoms with van der Waals surface area (Å²) in [6.45, 7) is 3.16. The lowest BCUT2D eigenvalue weighted by molar-refractivity contribution is 0.128. The summed E-state index contributed by atoms with van der Waals surface area (Å²) in [6.07, 6.45) is 7.13. The van der Waals surface area contributed by atoms with Crippen LogP contribution in [-0.4, -0.2) is 25.2 Å². The van der Waals surface area contributed by atoms with Gasteiger partial charge < -0.3 is 4.57 Å². The summed E-state index contributed by atoms with van der Waals surface area (Å²) < 4.78 is 13.2. The molecule has 78 valence electrons. The number of hydrogen-bond donors (Lipinski definition) is 0. The Morgan fingerprint density at radius 3 is 2.86 bits per heavy atom. The lowest BCUT2D eigenvalue weighted by Crippen LogP contribution is -2.31. The second-order valence-electron chi connectivity index (χ2n) is 4.36. The number of aromatic nitrogens is 3. The van der Waals surface area contributed by atoms with E-state index >= 15 is 0 Å². The summed E-state index contributed by atoms with van der Waals surface area (Å²) in [7, 11) is -1.03. The molecule has 1 aromatic rings. The smallest absolute Gasteiger partial charge is 0.221 e. The highest BCUT2D eigenvalue weighted by Crippen LogP contribution is 2.41. The third-order valence-corrected chi connectivity index (χ3v) is 3.78. The van der Waals surface area contributed by atoms with Crippen LogP contribution in [0.15, 0.2) is 11.5 Å². The van der Waals surface area contributed by atoms with Gasteiger partial charge in [0.25, 0.3) is 0 Å². The summed E-state index contributed by atoms with van der Waals surface area (Å²) in [5.41, 5.74) is 0.372. The lowest BCUT2D eigenvalue weighted by atomic mass is 9.70. The third kappa shape index (κ3) is 1.73. The first-order valence-electron chi connectivity index (χ1n) is 4.82. The summed E-state index contributed by atoms with van der Waals surface area (Å²) >= 11 is 0. The number of rotatable bonds is 3. The molecule has 14 heavy (non-hydrogen) atoms. The largest absolute Gasteiger partial charge is 0.306 e. The van der Waals surface area contributed by atoms with E-state index in [2.05, 4.69) is 17.1 Å². The predicted octanol–water partition coefficient (Wildman–Crippen LogP) is 1.21. The van der Waals surface area contributed by atoms with Gasteiger partial charge >= 0.3 is 0 Å². The minimum atomic E-state index is -1.03. The third-order valence-electron chi connectivity index (χ3n) is 2.95. The van der Waals surface area contributed by atoms with Crippen LogP contribution in [0, 0.1) is 5.41 Å². The Morgan fingerprint density at radius 1 is 1.64 bits per heavy atom. The highest BCUT2D eigenvalue weighted by atomic mass is 32.2. The summed E-state index contributed by atoms with van der Waals surface area (Å²) in [5, 5.41) is 8.27. The van der Waals surface area contributed by atoms with Crippen molar-refractivity contribution in [3.05, 3.63) is 6.33 Å². The van der Waals surface area contributed by atoms with Crippen molar-refractivity contribution < 1.29 is 4.21 Å². The topological polar surface area (TPSA) is 47.8 Å². The van der Waals surface area contributed by atoms with Crippen LogP contribution >= 0.6 is 0 Å². The second kappa shape index (κ2) is 3.46. The summed E-state index contributed by atoms with van der Waals surface area (Å²) in [5.74, 6) is 0. The van der Waals surface area contributed by atoms with E-state index in [-0.39, 0.29) is 0 Å². The normalized spacial score (nSPS) is 21.6. The van der Waals surface area contributed by atoms with E-state index in [0.717, 1.165) is 6.54 Å². The van der Waals surface area contributed by atoms with Gasteiger partial charge in [-0.25, -0.2) is 0 Å². The lowest BCUT2D eigenvalue weighted by Gasteiger charge is -2.38. The molecule has 0 saturated heterocycles. The van der Waals surface area contributed by atoms with E-state index in [0.29, 0.717) is 10.6 Å². The molecule has 4 nitrogen and oxygen atoms in total. The van der Waals surface area contributed by atoms with E-state index in [1.165, 1.54) is 19.3 Å². The molecule has 1 aromatic heterocycles. The van der Waals surface area contributed by atoms with Crippen molar-refractivity contribution >= 4 is 10.8 Å². The highest BCUT2D eigenvalue weighted by molar-refractivity contribution is 7.84. The van der Waals surface area contributed by atoms with Crippen LogP contribution in [-0.2, 0) is 17.3 Å². The molecule has 1 saturated carbocycles. The molecule has 1 fully saturated rings. The zero-order valence-electron chi connectivity index (χ0n) is 8.56. The van der Waals surface area contributed by atoms with E-state index in [1.807, 2.05) is 4.57 Å². The van der Waals surface area contributed by atoms with Gasteiger partial charge in [0.15, 0.2) is 0 Å². The van der Waals surface area contributed by atoms with Crippen LogP contribution < -0.4 is 0 Å². The van der Waals surface area contributed by atoms with E-state index < -0.39 is 10.8 Å². The first kappa shape index (κ1) is 9.83. The molecule has 1 atom stereocenters. The molecule has 0 spiro atoms. The molecule has 5 heteroatoms. The molecular formula is C9H15N3OS. The van der Waals surface area contributed by atoms with Crippen LogP contribution in [0.25, 0.3) is 0 Å². The highest BCUT2D eigenvalue weighted by Gasteiger charge is 2.32. The molecule has 1 aliphatic carbocycles. The van der Waals surface area contributed by atoms with Crippen LogP contribution in [0.1, 0.15) is 26.2 Å². The van der Waals surface area contributed by atoms with Crippen molar-refractivity contribution in [1.82, 2.24) is 14.8 Å². The maximum Gasteiger partial charge on any atom is 0.221 e. The molecular weight excluding hydrogens is 198 g/mol. The minimum Gasteiger partial charge on any atom is -0.306 e. The molecule has 0 aromatic carbocycles. The first-order chi connectivity index (χ1) is 6.61. The van der Waals surface area contributed by atoms with E-state index in [4.69, 9.17) is 0 Å². The molecule has 0 aliphatic heterocycles. The van der Waals surface area contributed by atoms with Crippen molar-refractivity contribution in [3.8, 4) is 0 Å². The maximum atomic E-state index is 11.3. The minimum absolute atomic E-state index is 0.372. The van der Waals surface area contributed by atoms with Gasteiger partial charge in [-0.3, -0.25) is 4.21 Å². The SMILES string of the molecule is C[S@](=O)c1nncn1CC1(C)CCC1. The van der Waals surface area contributed by atoms with Crippen molar-refractivity contribution in [2.75, 3.05) is 6.26 Å². The Morgan fingerprint density at radius 2 is 2.36 bits per heavy atom. The Bertz CT molecular complexity index is 357. The summed E-state index contributed by atoms with van der Waals surface area (Å²) in [6, 6.07) is 0. The van der Waals surface area contributed by atoms with Gasteiger partial charge in [0.05, 0.1) is 10.8 Å². The monoisotopic (exact) mass is 213 g/mol. The molecule has 0 amide bonds. The number of hydrogen-bond acceptors (Lipinski definition) is 3. The Balaban J connectivity index is 2.16. The average molecular weight is 213 g/mol. The second-order valence-corrected chi connectivity index (χ2v) is 5.63. The molecule has 0 N–H and O–H groups in total. The van der Waals surface area contributed by atoms with Crippen LogP contribution in [0.5, 0.6) is 0 Å². The van der Waals surface area contributed by atoms with Crippen molar-refractivity contribution in [2.45, 2.75) is 37.9 Å². The Labute approximate surface area is 86.2 Å². The van der Waals surface area contributed by atoms with Gasteiger partial charge in [0.1, 0.15) is 6.33 Å². The summed E-state index contributed by atoms with van der Waals surface area (Å²) in [4.78, 5) is 0. The fourth-order valence-electron chi connectivity index (χ4n) is 1.93. The van der Waals surface area contributed by atoms with Crippen molar-refractivity contribution in [1.29, 1.82) is 0 Å². The maximum absolute atomic E-state index is 11.3. The number of nitrogens with zero attached hydrogens (tertiary/aromatic N) is 3. The molecule has 0 bridgehead atoms.